The Hall–Kier alpha value is -3.28. The summed E-state index contributed by atoms with van der Waals surface area (Å²) in [7, 11) is 0. The standard InChI is InChI=1S/C19H15FN2O3/c1-11-6-12(2)8-15(7-11)22-18(24)16(17(23)21-19(22)25)10-13-4-3-5-14(20)9-13/h3-10H,1-2H3,(H,21,23,25)/b16-10+. The Balaban J connectivity index is 2.05. The molecule has 1 aliphatic rings. The first-order chi connectivity index (χ1) is 11.8. The zero-order valence-corrected chi connectivity index (χ0v) is 13.7. The molecule has 0 saturated carbocycles. The number of nitrogens with zero attached hydrogens (tertiary/aromatic N) is 1. The van der Waals surface area contributed by atoms with Crippen molar-refractivity contribution in [2.45, 2.75) is 13.8 Å². The van der Waals surface area contributed by atoms with Gasteiger partial charge in [0.15, 0.2) is 0 Å². The van der Waals surface area contributed by atoms with Crippen LogP contribution in [-0.4, -0.2) is 17.8 Å². The zero-order chi connectivity index (χ0) is 18.1. The molecule has 6 heteroatoms. The van der Waals surface area contributed by atoms with Gasteiger partial charge in [0.25, 0.3) is 11.8 Å². The van der Waals surface area contributed by atoms with Crippen molar-refractivity contribution in [1.82, 2.24) is 5.32 Å². The van der Waals surface area contributed by atoms with E-state index >= 15 is 0 Å². The molecule has 0 bridgehead atoms. The van der Waals surface area contributed by atoms with Crippen molar-refractivity contribution >= 4 is 29.6 Å². The number of hydrogen-bond acceptors (Lipinski definition) is 3. The van der Waals surface area contributed by atoms with E-state index in [1.807, 2.05) is 19.9 Å². The van der Waals surface area contributed by atoms with Gasteiger partial charge in [-0.2, -0.15) is 0 Å². The second kappa shape index (κ2) is 6.32. The monoisotopic (exact) mass is 338 g/mol. The summed E-state index contributed by atoms with van der Waals surface area (Å²) in [5.41, 5.74) is 2.25. The zero-order valence-electron chi connectivity index (χ0n) is 13.7. The van der Waals surface area contributed by atoms with Gasteiger partial charge in [0.2, 0.25) is 0 Å². The highest BCUT2D eigenvalue weighted by atomic mass is 19.1. The number of hydrogen-bond donors (Lipinski definition) is 1. The van der Waals surface area contributed by atoms with Crippen LogP contribution >= 0.6 is 0 Å². The normalized spacial score (nSPS) is 16.4. The van der Waals surface area contributed by atoms with E-state index in [0.29, 0.717) is 11.3 Å². The van der Waals surface area contributed by atoms with Crippen LogP contribution in [0.15, 0.2) is 48.0 Å². The van der Waals surface area contributed by atoms with Gasteiger partial charge in [0, 0.05) is 0 Å². The molecule has 1 heterocycles. The van der Waals surface area contributed by atoms with Gasteiger partial charge < -0.3 is 0 Å². The maximum absolute atomic E-state index is 13.3. The molecule has 4 amide bonds. The topological polar surface area (TPSA) is 66.5 Å². The van der Waals surface area contributed by atoms with Crippen molar-refractivity contribution in [3.05, 3.63) is 70.5 Å². The van der Waals surface area contributed by atoms with Crippen molar-refractivity contribution in [1.29, 1.82) is 0 Å². The largest absolute Gasteiger partial charge is 0.335 e. The molecular weight excluding hydrogens is 323 g/mol. The summed E-state index contributed by atoms with van der Waals surface area (Å²) < 4.78 is 13.3. The third-order valence-corrected chi connectivity index (χ3v) is 3.73. The van der Waals surface area contributed by atoms with Crippen LogP contribution in [0.2, 0.25) is 0 Å². The summed E-state index contributed by atoms with van der Waals surface area (Å²) in [6.07, 6.45) is 1.27. The SMILES string of the molecule is Cc1cc(C)cc(N2C(=O)NC(=O)/C(=C\c3cccc(F)c3)C2=O)c1. The first-order valence-corrected chi connectivity index (χ1v) is 7.60. The van der Waals surface area contributed by atoms with Crippen LogP contribution < -0.4 is 10.2 Å². The van der Waals surface area contributed by atoms with Gasteiger partial charge in [-0.05, 0) is 60.9 Å². The van der Waals surface area contributed by atoms with Gasteiger partial charge in [0.05, 0.1) is 5.69 Å². The highest BCUT2D eigenvalue weighted by molar-refractivity contribution is 6.39. The molecule has 1 saturated heterocycles. The number of imide groups is 2. The summed E-state index contributed by atoms with van der Waals surface area (Å²) in [5.74, 6) is -2.04. The van der Waals surface area contributed by atoms with Gasteiger partial charge in [0.1, 0.15) is 11.4 Å². The van der Waals surface area contributed by atoms with E-state index in [1.165, 1.54) is 24.3 Å². The van der Waals surface area contributed by atoms with Crippen LogP contribution in [0.3, 0.4) is 0 Å². The number of carbonyl (C=O) groups is 3. The number of benzene rings is 2. The molecular formula is C19H15FN2O3. The highest BCUT2D eigenvalue weighted by Crippen LogP contribution is 2.24. The van der Waals surface area contributed by atoms with Crippen molar-refractivity contribution in [2.24, 2.45) is 0 Å². The molecule has 1 aliphatic heterocycles. The van der Waals surface area contributed by atoms with Crippen LogP contribution in [0, 0.1) is 19.7 Å². The first-order valence-electron chi connectivity index (χ1n) is 7.60. The van der Waals surface area contributed by atoms with Crippen LogP contribution in [-0.2, 0) is 9.59 Å². The number of urea groups is 1. The summed E-state index contributed by atoms with van der Waals surface area (Å²) in [6, 6.07) is 9.95. The second-order valence-electron chi connectivity index (χ2n) is 5.86. The fourth-order valence-electron chi connectivity index (χ4n) is 2.73. The number of amides is 4. The maximum Gasteiger partial charge on any atom is 0.335 e. The van der Waals surface area contributed by atoms with Crippen LogP contribution in [0.1, 0.15) is 16.7 Å². The van der Waals surface area contributed by atoms with E-state index < -0.39 is 23.7 Å². The Bertz CT molecular complexity index is 914. The minimum absolute atomic E-state index is 0.232. The van der Waals surface area contributed by atoms with Gasteiger partial charge in [-0.25, -0.2) is 14.1 Å². The quantitative estimate of drug-likeness (QED) is 0.676. The molecule has 2 aromatic carbocycles. The Morgan fingerprint density at radius 2 is 1.68 bits per heavy atom. The lowest BCUT2D eigenvalue weighted by atomic mass is 10.1. The number of carbonyl (C=O) groups excluding carboxylic acids is 3. The lowest BCUT2D eigenvalue weighted by Crippen LogP contribution is -2.54. The number of aryl methyl sites for hydroxylation is 2. The molecule has 0 aromatic heterocycles. The predicted octanol–water partition coefficient (Wildman–Crippen LogP) is 3.11. The average molecular weight is 338 g/mol. The lowest BCUT2D eigenvalue weighted by molar-refractivity contribution is -0.122. The highest BCUT2D eigenvalue weighted by Gasteiger charge is 2.36. The van der Waals surface area contributed by atoms with Gasteiger partial charge in [-0.1, -0.05) is 18.2 Å². The van der Waals surface area contributed by atoms with Crippen LogP contribution in [0.5, 0.6) is 0 Å². The van der Waals surface area contributed by atoms with E-state index in [4.69, 9.17) is 0 Å². The number of halogens is 1. The number of anilines is 1. The summed E-state index contributed by atoms with van der Waals surface area (Å²) >= 11 is 0. The molecule has 0 unspecified atom stereocenters. The summed E-state index contributed by atoms with van der Waals surface area (Å²) in [6.45, 7) is 3.69. The fourth-order valence-corrected chi connectivity index (χ4v) is 2.73. The number of nitrogens with one attached hydrogen (secondary N) is 1. The molecule has 1 N–H and O–H groups in total. The van der Waals surface area contributed by atoms with Gasteiger partial charge in [-0.15, -0.1) is 0 Å². The molecule has 0 radical (unpaired) electrons. The van der Waals surface area contributed by atoms with E-state index in [0.717, 1.165) is 16.0 Å². The molecule has 2 aromatic rings. The van der Waals surface area contributed by atoms with Crippen molar-refractivity contribution in [3.63, 3.8) is 0 Å². The lowest BCUT2D eigenvalue weighted by Gasteiger charge is -2.27. The summed E-state index contributed by atoms with van der Waals surface area (Å²) in [5, 5.41) is 2.15. The molecule has 0 atom stereocenters. The number of barbiturate groups is 1. The number of rotatable bonds is 2. The van der Waals surface area contributed by atoms with Gasteiger partial charge >= 0.3 is 6.03 Å². The molecule has 3 rings (SSSR count). The summed E-state index contributed by atoms with van der Waals surface area (Å²) in [4.78, 5) is 37.9. The molecule has 25 heavy (non-hydrogen) atoms. The third kappa shape index (κ3) is 3.33. The van der Waals surface area contributed by atoms with Crippen LogP contribution in [0.25, 0.3) is 6.08 Å². The Labute approximate surface area is 143 Å². The van der Waals surface area contributed by atoms with Crippen LogP contribution in [0.4, 0.5) is 14.9 Å². The Morgan fingerprint density at radius 1 is 1.00 bits per heavy atom. The molecule has 1 fully saturated rings. The average Bonchev–Trinajstić information content (AvgIpc) is 2.50. The second-order valence-corrected chi connectivity index (χ2v) is 5.86. The van der Waals surface area contributed by atoms with E-state index in [9.17, 15) is 18.8 Å². The molecule has 5 nitrogen and oxygen atoms in total. The van der Waals surface area contributed by atoms with E-state index in [1.54, 1.807) is 18.2 Å². The van der Waals surface area contributed by atoms with E-state index in [-0.39, 0.29) is 5.57 Å². The maximum atomic E-state index is 13.3. The van der Waals surface area contributed by atoms with E-state index in [2.05, 4.69) is 5.32 Å². The minimum atomic E-state index is -0.809. The predicted molar refractivity (Wildman–Crippen MR) is 91.3 cm³/mol. The first kappa shape index (κ1) is 16.6. The van der Waals surface area contributed by atoms with Crippen molar-refractivity contribution in [3.8, 4) is 0 Å². The fraction of sp³-hybridized carbons (Fsp3) is 0.105. The smallest absolute Gasteiger partial charge is 0.273 e. The van der Waals surface area contributed by atoms with Crippen molar-refractivity contribution in [2.75, 3.05) is 4.90 Å². The molecule has 0 aliphatic carbocycles. The third-order valence-electron chi connectivity index (χ3n) is 3.73. The van der Waals surface area contributed by atoms with Gasteiger partial charge in [-0.3, -0.25) is 14.9 Å². The molecule has 126 valence electrons. The van der Waals surface area contributed by atoms with Crippen molar-refractivity contribution < 1.29 is 18.8 Å². The Kier molecular flexibility index (Phi) is 4.19. The molecule has 0 spiro atoms. The Morgan fingerprint density at radius 3 is 2.32 bits per heavy atom. The minimum Gasteiger partial charge on any atom is -0.273 e.